The molecular formula is C20H27Cl2N5O. The highest BCUT2D eigenvalue weighted by Gasteiger charge is 2.23. The Hall–Kier alpha value is -2.05. The molecule has 2 N–H and O–H groups in total. The van der Waals surface area contributed by atoms with Crippen LogP contribution in [0, 0.1) is 6.92 Å². The lowest BCUT2D eigenvalue weighted by molar-refractivity contribution is 0.0926. The molecule has 0 unspecified atom stereocenters. The summed E-state index contributed by atoms with van der Waals surface area (Å²) in [4.78, 5) is 23.3. The van der Waals surface area contributed by atoms with E-state index < -0.39 is 0 Å². The molecule has 1 amide bonds. The molecular weight excluding hydrogens is 397 g/mol. The lowest BCUT2D eigenvalue weighted by Crippen LogP contribution is -2.40. The molecule has 6 nitrogen and oxygen atoms in total. The fourth-order valence-electron chi connectivity index (χ4n) is 3.34. The monoisotopic (exact) mass is 423 g/mol. The lowest BCUT2D eigenvalue weighted by atomic mass is 9.91. The van der Waals surface area contributed by atoms with Gasteiger partial charge >= 0.3 is 0 Å². The Morgan fingerprint density at radius 2 is 1.79 bits per heavy atom. The molecule has 2 aromatic rings. The molecule has 1 aliphatic rings. The molecule has 1 fully saturated rings. The number of aryl methyl sites for hydroxylation is 1. The molecule has 0 saturated heterocycles. The first-order chi connectivity index (χ1) is 12.9. The molecule has 0 spiro atoms. The van der Waals surface area contributed by atoms with E-state index in [1.165, 1.54) is 0 Å². The Bertz CT molecular complexity index is 807. The Kier molecular flexibility index (Phi) is 7.89. The molecule has 0 bridgehead atoms. The van der Waals surface area contributed by atoms with Crippen LogP contribution in [0.1, 0.15) is 41.9 Å². The van der Waals surface area contributed by atoms with E-state index in [1.807, 2.05) is 32.0 Å². The Morgan fingerprint density at radius 3 is 2.43 bits per heavy atom. The van der Waals surface area contributed by atoms with Crippen molar-refractivity contribution in [2.75, 3.05) is 24.3 Å². The lowest BCUT2D eigenvalue weighted by Gasteiger charge is -2.30. The Balaban J connectivity index is 0.00000280. The van der Waals surface area contributed by atoms with Gasteiger partial charge in [0.25, 0.3) is 5.91 Å². The van der Waals surface area contributed by atoms with Gasteiger partial charge in [0, 0.05) is 42.8 Å². The molecule has 8 heteroatoms. The highest BCUT2D eigenvalue weighted by Crippen LogP contribution is 2.23. The predicted octanol–water partition coefficient (Wildman–Crippen LogP) is 4.08. The second kappa shape index (κ2) is 9.94. The van der Waals surface area contributed by atoms with E-state index in [-0.39, 0.29) is 24.4 Å². The zero-order chi connectivity index (χ0) is 19.4. The van der Waals surface area contributed by atoms with Crippen LogP contribution in [-0.2, 0) is 0 Å². The number of carbonyl (C=O) groups excluding carboxylic acids is 1. The summed E-state index contributed by atoms with van der Waals surface area (Å²) in [6, 6.07) is 9.57. The number of rotatable bonds is 5. The molecule has 1 heterocycles. The average molecular weight is 424 g/mol. The van der Waals surface area contributed by atoms with Crippen LogP contribution in [0.2, 0.25) is 5.02 Å². The van der Waals surface area contributed by atoms with Gasteiger partial charge in [-0.3, -0.25) is 4.79 Å². The van der Waals surface area contributed by atoms with E-state index in [9.17, 15) is 4.79 Å². The smallest absolute Gasteiger partial charge is 0.251 e. The van der Waals surface area contributed by atoms with Gasteiger partial charge in [0.15, 0.2) is 0 Å². The zero-order valence-corrected chi connectivity index (χ0v) is 18.0. The zero-order valence-electron chi connectivity index (χ0n) is 16.4. The molecule has 152 valence electrons. The van der Waals surface area contributed by atoms with E-state index >= 15 is 0 Å². The molecule has 0 aliphatic heterocycles. The molecule has 0 atom stereocenters. The van der Waals surface area contributed by atoms with Crippen LogP contribution in [0.15, 0.2) is 30.3 Å². The maximum absolute atomic E-state index is 12.4. The maximum atomic E-state index is 12.4. The van der Waals surface area contributed by atoms with Crippen molar-refractivity contribution in [2.24, 2.45) is 0 Å². The topological polar surface area (TPSA) is 70.2 Å². The first-order valence-corrected chi connectivity index (χ1v) is 9.64. The summed E-state index contributed by atoms with van der Waals surface area (Å²) in [5.41, 5.74) is 0.607. The molecule has 1 aromatic heterocycles. The number of amides is 1. The van der Waals surface area contributed by atoms with E-state index in [0.717, 1.165) is 43.1 Å². The summed E-state index contributed by atoms with van der Waals surface area (Å²) >= 11 is 5.97. The Labute approximate surface area is 177 Å². The van der Waals surface area contributed by atoms with Gasteiger partial charge in [-0.1, -0.05) is 17.7 Å². The van der Waals surface area contributed by atoms with Crippen molar-refractivity contribution in [3.63, 3.8) is 0 Å². The summed E-state index contributed by atoms with van der Waals surface area (Å²) in [5.74, 6) is 2.45. The van der Waals surface area contributed by atoms with E-state index in [1.54, 1.807) is 24.3 Å². The molecule has 1 aromatic carbocycles. The fourth-order valence-corrected chi connectivity index (χ4v) is 3.53. The minimum atomic E-state index is -0.0593. The SMILES string of the molecule is Cc1nc(NC2CCC(NC(=O)c3cccc(Cl)c3)CC2)cc(N(C)C)n1.Cl. The van der Waals surface area contributed by atoms with Crippen LogP contribution < -0.4 is 15.5 Å². The van der Waals surface area contributed by atoms with Gasteiger partial charge in [-0.15, -0.1) is 12.4 Å². The predicted molar refractivity (Wildman–Crippen MR) is 117 cm³/mol. The average Bonchev–Trinajstić information content (AvgIpc) is 2.63. The van der Waals surface area contributed by atoms with Crippen molar-refractivity contribution in [1.82, 2.24) is 15.3 Å². The number of benzene rings is 1. The van der Waals surface area contributed by atoms with Gasteiger partial charge < -0.3 is 15.5 Å². The van der Waals surface area contributed by atoms with Crippen LogP contribution in [0.5, 0.6) is 0 Å². The third kappa shape index (κ3) is 5.97. The second-order valence-corrected chi connectivity index (χ2v) is 7.67. The minimum absolute atomic E-state index is 0. The number of halogens is 2. The summed E-state index contributed by atoms with van der Waals surface area (Å²) in [7, 11) is 3.94. The number of hydrogen-bond donors (Lipinski definition) is 2. The fraction of sp³-hybridized carbons (Fsp3) is 0.450. The van der Waals surface area contributed by atoms with Gasteiger partial charge in [0.05, 0.1) is 0 Å². The number of carbonyl (C=O) groups is 1. The second-order valence-electron chi connectivity index (χ2n) is 7.23. The van der Waals surface area contributed by atoms with Gasteiger partial charge in [-0.25, -0.2) is 9.97 Å². The first-order valence-electron chi connectivity index (χ1n) is 9.26. The van der Waals surface area contributed by atoms with Crippen molar-refractivity contribution < 1.29 is 4.79 Å². The Morgan fingerprint density at radius 1 is 1.11 bits per heavy atom. The van der Waals surface area contributed by atoms with E-state index in [2.05, 4.69) is 20.6 Å². The van der Waals surface area contributed by atoms with E-state index in [4.69, 9.17) is 11.6 Å². The van der Waals surface area contributed by atoms with Crippen LogP contribution in [0.4, 0.5) is 11.6 Å². The number of anilines is 2. The van der Waals surface area contributed by atoms with Gasteiger partial charge in [-0.05, 0) is 50.8 Å². The minimum Gasteiger partial charge on any atom is -0.367 e. The molecule has 1 aliphatic carbocycles. The van der Waals surface area contributed by atoms with Gasteiger partial charge in [-0.2, -0.15) is 0 Å². The van der Waals surface area contributed by atoms with Crippen molar-refractivity contribution in [3.8, 4) is 0 Å². The molecule has 3 rings (SSSR count). The maximum Gasteiger partial charge on any atom is 0.251 e. The van der Waals surface area contributed by atoms with Crippen LogP contribution in [0.3, 0.4) is 0 Å². The summed E-state index contributed by atoms with van der Waals surface area (Å²) in [6.45, 7) is 1.90. The summed E-state index contributed by atoms with van der Waals surface area (Å²) in [6.07, 6.45) is 3.85. The quantitative estimate of drug-likeness (QED) is 0.757. The summed E-state index contributed by atoms with van der Waals surface area (Å²) in [5, 5.41) is 7.22. The third-order valence-electron chi connectivity index (χ3n) is 4.78. The molecule has 1 saturated carbocycles. The number of hydrogen-bond acceptors (Lipinski definition) is 5. The standard InChI is InChI=1S/C20H26ClN5O.ClH/c1-13-22-18(12-19(23-13)26(2)3)24-16-7-9-17(10-8-16)25-20(27)14-5-4-6-15(21)11-14;/h4-6,11-12,16-17H,7-10H2,1-3H3,(H,25,27)(H,22,23,24);1H. The number of nitrogens with one attached hydrogen (secondary N) is 2. The number of nitrogens with zero attached hydrogens (tertiary/aromatic N) is 3. The van der Waals surface area contributed by atoms with Crippen LogP contribution >= 0.6 is 24.0 Å². The summed E-state index contributed by atoms with van der Waals surface area (Å²) < 4.78 is 0. The third-order valence-corrected chi connectivity index (χ3v) is 5.02. The van der Waals surface area contributed by atoms with Crippen molar-refractivity contribution in [3.05, 3.63) is 46.7 Å². The largest absolute Gasteiger partial charge is 0.367 e. The van der Waals surface area contributed by atoms with E-state index in [0.29, 0.717) is 16.6 Å². The first kappa shape index (κ1) is 22.2. The normalized spacial score (nSPS) is 18.7. The van der Waals surface area contributed by atoms with Gasteiger partial charge in [0.1, 0.15) is 17.5 Å². The van der Waals surface area contributed by atoms with Gasteiger partial charge in [0.2, 0.25) is 0 Å². The van der Waals surface area contributed by atoms with Crippen LogP contribution in [0.25, 0.3) is 0 Å². The number of aromatic nitrogens is 2. The van der Waals surface area contributed by atoms with Crippen molar-refractivity contribution in [1.29, 1.82) is 0 Å². The van der Waals surface area contributed by atoms with Crippen molar-refractivity contribution in [2.45, 2.75) is 44.7 Å². The molecule has 0 radical (unpaired) electrons. The highest BCUT2D eigenvalue weighted by molar-refractivity contribution is 6.30. The van der Waals surface area contributed by atoms with Crippen molar-refractivity contribution >= 4 is 41.6 Å². The van der Waals surface area contributed by atoms with Crippen LogP contribution in [-0.4, -0.2) is 42.1 Å². The highest BCUT2D eigenvalue weighted by atomic mass is 35.5. The molecule has 28 heavy (non-hydrogen) atoms.